The number of rotatable bonds is 3. The van der Waals surface area contributed by atoms with E-state index >= 15 is 0 Å². The highest BCUT2D eigenvalue weighted by Gasteiger charge is 2.28. The van der Waals surface area contributed by atoms with Crippen molar-refractivity contribution in [3.63, 3.8) is 0 Å². The lowest BCUT2D eigenvalue weighted by Gasteiger charge is -2.20. The average Bonchev–Trinajstić information content (AvgIpc) is 2.76. The second-order valence-electron chi connectivity index (χ2n) is 4.52. The van der Waals surface area contributed by atoms with Crippen LogP contribution in [0.3, 0.4) is 0 Å². The van der Waals surface area contributed by atoms with Crippen LogP contribution in [0.2, 0.25) is 0 Å². The number of carbonyl (C=O) groups excluding carboxylic acids is 1. The first-order chi connectivity index (χ1) is 8.61. The minimum absolute atomic E-state index is 0.0885. The maximum absolute atomic E-state index is 12.1. The molecule has 3 N–H and O–H groups in total. The Morgan fingerprint density at radius 1 is 1.50 bits per heavy atom. The molecule has 18 heavy (non-hydrogen) atoms. The minimum Gasteiger partial charge on any atom is -0.398 e. The predicted octanol–water partition coefficient (Wildman–Crippen LogP) is 2.33. The van der Waals surface area contributed by atoms with Crippen molar-refractivity contribution in [1.82, 2.24) is 5.32 Å². The van der Waals surface area contributed by atoms with Gasteiger partial charge in [0.05, 0.1) is 17.7 Å². The van der Waals surface area contributed by atoms with Crippen molar-refractivity contribution in [2.24, 2.45) is 0 Å². The SMILES string of the molecule is COC1CCCC1NC(=O)c1ccc(Br)cc1N. The summed E-state index contributed by atoms with van der Waals surface area (Å²) in [7, 11) is 1.68. The smallest absolute Gasteiger partial charge is 0.253 e. The number of nitrogens with one attached hydrogen (secondary N) is 1. The molecule has 98 valence electrons. The summed E-state index contributed by atoms with van der Waals surface area (Å²) in [5, 5.41) is 3.00. The normalized spacial score (nSPS) is 23.0. The highest BCUT2D eigenvalue weighted by Crippen LogP contribution is 2.23. The van der Waals surface area contributed by atoms with E-state index in [4.69, 9.17) is 10.5 Å². The lowest BCUT2D eigenvalue weighted by Crippen LogP contribution is -2.40. The summed E-state index contributed by atoms with van der Waals surface area (Å²) in [4.78, 5) is 12.1. The summed E-state index contributed by atoms with van der Waals surface area (Å²) in [5.74, 6) is -0.131. The molecule has 1 aliphatic carbocycles. The third kappa shape index (κ3) is 2.84. The van der Waals surface area contributed by atoms with Crippen LogP contribution in [-0.4, -0.2) is 25.2 Å². The fraction of sp³-hybridized carbons (Fsp3) is 0.462. The van der Waals surface area contributed by atoms with Crippen molar-refractivity contribution in [3.05, 3.63) is 28.2 Å². The van der Waals surface area contributed by atoms with E-state index in [1.54, 1.807) is 19.2 Å². The third-order valence-corrected chi connectivity index (χ3v) is 3.82. The Balaban J connectivity index is 2.07. The molecule has 2 atom stereocenters. The summed E-state index contributed by atoms with van der Waals surface area (Å²) in [6, 6.07) is 5.36. The van der Waals surface area contributed by atoms with E-state index in [9.17, 15) is 4.79 Å². The van der Waals surface area contributed by atoms with Crippen molar-refractivity contribution in [1.29, 1.82) is 0 Å². The Morgan fingerprint density at radius 2 is 2.28 bits per heavy atom. The number of amides is 1. The number of hydrogen-bond donors (Lipinski definition) is 2. The molecule has 0 radical (unpaired) electrons. The highest BCUT2D eigenvalue weighted by atomic mass is 79.9. The van der Waals surface area contributed by atoms with Gasteiger partial charge in [-0.2, -0.15) is 0 Å². The van der Waals surface area contributed by atoms with E-state index < -0.39 is 0 Å². The molecule has 5 heteroatoms. The molecular formula is C13H17BrN2O2. The number of hydrogen-bond acceptors (Lipinski definition) is 3. The fourth-order valence-corrected chi connectivity index (χ4v) is 2.74. The van der Waals surface area contributed by atoms with Gasteiger partial charge in [0.1, 0.15) is 0 Å². The van der Waals surface area contributed by atoms with Gasteiger partial charge in [0.25, 0.3) is 5.91 Å². The van der Waals surface area contributed by atoms with Crippen LogP contribution in [0.1, 0.15) is 29.6 Å². The van der Waals surface area contributed by atoms with Crippen LogP contribution >= 0.6 is 15.9 Å². The molecule has 0 aromatic heterocycles. The summed E-state index contributed by atoms with van der Waals surface area (Å²) in [6.45, 7) is 0. The standard InChI is InChI=1S/C13H17BrN2O2/c1-18-12-4-2-3-11(12)16-13(17)9-6-5-8(14)7-10(9)15/h5-7,11-12H,2-4,15H2,1H3,(H,16,17). The van der Waals surface area contributed by atoms with E-state index in [1.807, 2.05) is 6.07 Å². The molecule has 0 saturated heterocycles. The Kier molecular flexibility index (Phi) is 4.24. The van der Waals surface area contributed by atoms with Crippen LogP contribution in [0, 0.1) is 0 Å². The Labute approximate surface area is 115 Å². The Bertz CT molecular complexity index is 451. The van der Waals surface area contributed by atoms with Gasteiger partial charge in [0.15, 0.2) is 0 Å². The van der Waals surface area contributed by atoms with Crippen molar-refractivity contribution in [2.45, 2.75) is 31.4 Å². The minimum atomic E-state index is -0.131. The van der Waals surface area contributed by atoms with Crippen molar-refractivity contribution < 1.29 is 9.53 Å². The second kappa shape index (κ2) is 5.71. The van der Waals surface area contributed by atoms with E-state index in [2.05, 4.69) is 21.2 Å². The maximum atomic E-state index is 12.1. The number of carbonyl (C=O) groups is 1. The van der Waals surface area contributed by atoms with E-state index in [-0.39, 0.29) is 18.1 Å². The van der Waals surface area contributed by atoms with Crippen molar-refractivity contribution in [3.8, 4) is 0 Å². The average molecular weight is 313 g/mol. The van der Waals surface area contributed by atoms with E-state index in [0.29, 0.717) is 11.3 Å². The van der Waals surface area contributed by atoms with Crippen LogP contribution in [0.15, 0.2) is 22.7 Å². The summed E-state index contributed by atoms with van der Waals surface area (Å²) in [5.41, 5.74) is 6.84. The first kappa shape index (κ1) is 13.4. The quantitative estimate of drug-likeness (QED) is 0.842. The number of anilines is 1. The van der Waals surface area contributed by atoms with Gasteiger partial charge in [-0.15, -0.1) is 0 Å². The topological polar surface area (TPSA) is 64.3 Å². The van der Waals surface area contributed by atoms with E-state index in [0.717, 1.165) is 23.7 Å². The predicted molar refractivity (Wildman–Crippen MR) is 74.5 cm³/mol. The largest absolute Gasteiger partial charge is 0.398 e. The monoisotopic (exact) mass is 312 g/mol. The first-order valence-corrected chi connectivity index (χ1v) is 6.80. The van der Waals surface area contributed by atoms with Crippen LogP contribution in [0.5, 0.6) is 0 Å². The molecule has 2 unspecified atom stereocenters. The first-order valence-electron chi connectivity index (χ1n) is 6.00. The highest BCUT2D eigenvalue weighted by molar-refractivity contribution is 9.10. The molecule has 0 bridgehead atoms. The summed E-state index contributed by atoms with van der Waals surface area (Å²) < 4.78 is 6.22. The molecule has 0 spiro atoms. The number of methoxy groups -OCH3 is 1. The van der Waals surface area contributed by atoms with Crippen LogP contribution in [-0.2, 0) is 4.74 Å². The fourth-order valence-electron chi connectivity index (χ4n) is 2.36. The number of halogens is 1. The molecule has 1 aliphatic rings. The van der Waals surface area contributed by atoms with Crippen LogP contribution in [0.4, 0.5) is 5.69 Å². The molecule has 1 amide bonds. The molecule has 2 rings (SSSR count). The number of nitrogen functional groups attached to an aromatic ring is 1. The third-order valence-electron chi connectivity index (χ3n) is 3.33. The zero-order chi connectivity index (χ0) is 13.1. The molecule has 1 aromatic carbocycles. The van der Waals surface area contributed by atoms with Crippen molar-refractivity contribution >= 4 is 27.5 Å². The zero-order valence-electron chi connectivity index (χ0n) is 10.3. The Hall–Kier alpha value is -1.07. The molecule has 4 nitrogen and oxygen atoms in total. The summed E-state index contributed by atoms with van der Waals surface area (Å²) in [6.07, 6.45) is 3.16. The maximum Gasteiger partial charge on any atom is 0.253 e. The van der Waals surface area contributed by atoms with Gasteiger partial charge in [0, 0.05) is 17.3 Å². The Morgan fingerprint density at radius 3 is 2.94 bits per heavy atom. The molecular weight excluding hydrogens is 296 g/mol. The van der Waals surface area contributed by atoms with Crippen molar-refractivity contribution in [2.75, 3.05) is 12.8 Å². The number of benzene rings is 1. The van der Waals surface area contributed by atoms with Crippen LogP contribution in [0.25, 0.3) is 0 Å². The van der Waals surface area contributed by atoms with Gasteiger partial charge in [-0.3, -0.25) is 4.79 Å². The molecule has 0 heterocycles. The zero-order valence-corrected chi connectivity index (χ0v) is 11.9. The van der Waals surface area contributed by atoms with E-state index in [1.165, 1.54) is 0 Å². The van der Waals surface area contributed by atoms with Gasteiger partial charge < -0.3 is 15.8 Å². The number of ether oxygens (including phenoxy) is 1. The molecule has 1 saturated carbocycles. The van der Waals surface area contributed by atoms with Gasteiger partial charge in [0.2, 0.25) is 0 Å². The second-order valence-corrected chi connectivity index (χ2v) is 5.43. The lowest BCUT2D eigenvalue weighted by molar-refractivity contribution is 0.0722. The summed E-state index contributed by atoms with van der Waals surface area (Å²) >= 11 is 3.32. The molecule has 1 aromatic rings. The lowest BCUT2D eigenvalue weighted by atomic mass is 10.1. The van der Waals surface area contributed by atoms with Crippen LogP contribution < -0.4 is 11.1 Å². The molecule has 1 fully saturated rings. The van der Waals surface area contributed by atoms with Gasteiger partial charge in [-0.1, -0.05) is 15.9 Å². The van der Waals surface area contributed by atoms with Gasteiger partial charge >= 0.3 is 0 Å². The van der Waals surface area contributed by atoms with Gasteiger partial charge in [-0.05, 0) is 37.5 Å². The number of nitrogens with two attached hydrogens (primary N) is 1. The van der Waals surface area contributed by atoms with Gasteiger partial charge in [-0.25, -0.2) is 0 Å². The molecule has 0 aliphatic heterocycles.